The van der Waals surface area contributed by atoms with Crippen molar-refractivity contribution in [2.75, 3.05) is 14.2 Å². The van der Waals surface area contributed by atoms with Crippen LogP contribution < -0.4 is 9.47 Å². The molecule has 0 heterocycles. The average Bonchev–Trinajstić information content (AvgIpc) is 2.35. The van der Waals surface area contributed by atoms with E-state index in [-0.39, 0.29) is 29.5 Å². The Bertz CT molecular complexity index is 499. The molecule has 19 heavy (non-hydrogen) atoms. The van der Waals surface area contributed by atoms with E-state index in [9.17, 15) is 14.9 Å². The van der Waals surface area contributed by atoms with Gasteiger partial charge in [-0.05, 0) is 17.5 Å². The maximum atomic E-state index is 11.0. The van der Waals surface area contributed by atoms with Gasteiger partial charge in [0.05, 0.1) is 25.6 Å². The number of hydrogen-bond acceptors (Lipinski definition) is 5. The Balaban J connectivity index is 3.31. The van der Waals surface area contributed by atoms with Crippen LogP contribution in [0.4, 0.5) is 5.69 Å². The molecule has 0 amide bonds. The van der Waals surface area contributed by atoms with Crippen molar-refractivity contribution in [3.63, 3.8) is 0 Å². The molecular weight excluding hydrogens is 254 g/mol. The Morgan fingerprint density at radius 1 is 1.42 bits per heavy atom. The first-order valence-electron chi connectivity index (χ1n) is 5.52. The van der Waals surface area contributed by atoms with Gasteiger partial charge in [0.15, 0.2) is 5.75 Å². The molecule has 7 heteroatoms. The number of rotatable bonds is 6. The van der Waals surface area contributed by atoms with E-state index in [4.69, 9.17) is 14.6 Å². The maximum absolute atomic E-state index is 11.0. The molecule has 0 saturated heterocycles. The van der Waals surface area contributed by atoms with Crippen LogP contribution in [-0.2, 0) is 4.79 Å². The smallest absolute Gasteiger partial charge is 0.315 e. The molecule has 0 saturated carbocycles. The van der Waals surface area contributed by atoms with Crippen LogP contribution in [0.3, 0.4) is 0 Å². The van der Waals surface area contributed by atoms with E-state index in [0.29, 0.717) is 5.56 Å². The van der Waals surface area contributed by atoms with Gasteiger partial charge in [-0.2, -0.15) is 0 Å². The van der Waals surface area contributed by atoms with Gasteiger partial charge in [0.1, 0.15) is 0 Å². The summed E-state index contributed by atoms with van der Waals surface area (Å²) in [7, 11) is 2.68. The average molecular weight is 269 g/mol. The second kappa shape index (κ2) is 6.03. The molecule has 0 aromatic heterocycles. The van der Waals surface area contributed by atoms with Crippen LogP contribution in [0, 0.1) is 10.1 Å². The van der Waals surface area contributed by atoms with Crippen molar-refractivity contribution in [1.82, 2.24) is 0 Å². The van der Waals surface area contributed by atoms with Gasteiger partial charge in [-0.3, -0.25) is 14.9 Å². The van der Waals surface area contributed by atoms with Crippen molar-refractivity contribution in [3.05, 3.63) is 27.8 Å². The van der Waals surface area contributed by atoms with Crippen molar-refractivity contribution >= 4 is 11.7 Å². The molecule has 1 unspecified atom stereocenters. The Hall–Kier alpha value is -2.31. The number of nitro groups is 1. The van der Waals surface area contributed by atoms with Gasteiger partial charge in [-0.15, -0.1) is 0 Å². The van der Waals surface area contributed by atoms with Crippen molar-refractivity contribution < 1.29 is 24.3 Å². The van der Waals surface area contributed by atoms with Crippen molar-refractivity contribution in [2.45, 2.75) is 19.3 Å². The molecule has 0 radical (unpaired) electrons. The molecule has 104 valence electrons. The topological polar surface area (TPSA) is 98.9 Å². The third-order valence-electron chi connectivity index (χ3n) is 2.73. The lowest BCUT2D eigenvalue weighted by Gasteiger charge is -2.13. The standard InChI is InChI=1S/C12H15NO6/c1-7(4-11(14)15)8-5-9(13(16)17)12(19-3)10(6-8)18-2/h5-7H,4H2,1-3H3,(H,14,15). The van der Waals surface area contributed by atoms with Gasteiger partial charge in [-0.25, -0.2) is 0 Å². The molecule has 1 atom stereocenters. The molecule has 0 fully saturated rings. The summed E-state index contributed by atoms with van der Waals surface area (Å²) in [6.07, 6.45) is -0.118. The first-order chi connectivity index (χ1) is 8.90. The Labute approximate surface area is 109 Å². The summed E-state index contributed by atoms with van der Waals surface area (Å²) in [5.74, 6) is -1.09. The fourth-order valence-electron chi connectivity index (χ4n) is 1.76. The van der Waals surface area contributed by atoms with Crippen LogP contribution in [0.25, 0.3) is 0 Å². The number of carboxylic acids is 1. The van der Waals surface area contributed by atoms with Gasteiger partial charge in [0, 0.05) is 6.07 Å². The zero-order chi connectivity index (χ0) is 14.6. The molecule has 1 aromatic rings. The number of benzene rings is 1. The van der Waals surface area contributed by atoms with Crippen LogP contribution in [-0.4, -0.2) is 30.2 Å². The van der Waals surface area contributed by atoms with Gasteiger partial charge in [-0.1, -0.05) is 6.92 Å². The second-order valence-electron chi connectivity index (χ2n) is 4.03. The summed E-state index contributed by atoms with van der Waals surface area (Å²) in [5.41, 5.74) is 0.279. The molecule has 0 aliphatic rings. The fourth-order valence-corrected chi connectivity index (χ4v) is 1.76. The lowest BCUT2D eigenvalue weighted by molar-refractivity contribution is -0.385. The third-order valence-corrected chi connectivity index (χ3v) is 2.73. The summed E-state index contributed by atoms with van der Waals surface area (Å²) in [6, 6.07) is 2.87. The highest BCUT2D eigenvalue weighted by Gasteiger charge is 2.23. The van der Waals surface area contributed by atoms with Gasteiger partial charge >= 0.3 is 11.7 Å². The molecule has 1 rings (SSSR count). The predicted octanol–water partition coefficient (Wildman–Crippen LogP) is 2.19. The van der Waals surface area contributed by atoms with E-state index >= 15 is 0 Å². The van der Waals surface area contributed by atoms with Gasteiger partial charge in [0.25, 0.3) is 0 Å². The molecule has 0 aliphatic carbocycles. The largest absolute Gasteiger partial charge is 0.493 e. The first kappa shape index (κ1) is 14.7. The van der Waals surface area contributed by atoms with Crippen molar-refractivity contribution in [3.8, 4) is 11.5 Å². The number of nitrogens with zero attached hydrogens (tertiary/aromatic N) is 1. The fraction of sp³-hybridized carbons (Fsp3) is 0.417. The lowest BCUT2D eigenvalue weighted by atomic mass is 9.96. The summed E-state index contributed by atoms with van der Waals surface area (Å²) in [5, 5.41) is 19.8. The number of carboxylic acid groups (broad SMARTS) is 1. The van der Waals surface area contributed by atoms with Crippen LogP contribution in [0.15, 0.2) is 12.1 Å². The van der Waals surface area contributed by atoms with Crippen LogP contribution >= 0.6 is 0 Å². The zero-order valence-electron chi connectivity index (χ0n) is 10.9. The van der Waals surface area contributed by atoms with Crippen molar-refractivity contribution in [2.24, 2.45) is 0 Å². The summed E-state index contributed by atoms with van der Waals surface area (Å²) in [4.78, 5) is 21.1. The Morgan fingerprint density at radius 3 is 2.47 bits per heavy atom. The van der Waals surface area contributed by atoms with Crippen molar-refractivity contribution in [1.29, 1.82) is 0 Å². The van der Waals surface area contributed by atoms with Gasteiger partial charge < -0.3 is 14.6 Å². The molecule has 0 spiro atoms. The monoisotopic (exact) mass is 269 g/mol. The molecular formula is C12H15NO6. The summed E-state index contributed by atoms with van der Waals surface area (Å²) >= 11 is 0. The van der Waals surface area contributed by atoms with E-state index in [1.165, 1.54) is 20.3 Å². The van der Waals surface area contributed by atoms with E-state index < -0.39 is 10.9 Å². The number of nitro benzene ring substituents is 1. The minimum Gasteiger partial charge on any atom is -0.493 e. The SMILES string of the molecule is COc1cc(C(C)CC(=O)O)cc([N+](=O)[O-])c1OC. The van der Waals surface area contributed by atoms with Gasteiger partial charge in [0.2, 0.25) is 5.75 Å². The third kappa shape index (κ3) is 3.34. The molecule has 0 aliphatic heterocycles. The zero-order valence-corrected chi connectivity index (χ0v) is 10.9. The highest BCUT2D eigenvalue weighted by atomic mass is 16.6. The first-order valence-corrected chi connectivity index (χ1v) is 5.52. The molecule has 0 bridgehead atoms. The number of aliphatic carboxylic acids is 1. The van der Waals surface area contributed by atoms with Crippen LogP contribution in [0.1, 0.15) is 24.8 Å². The van der Waals surface area contributed by atoms with E-state index in [0.717, 1.165) is 0 Å². The highest BCUT2D eigenvalue weighted by Crippen LogP contribution is 2.40. The number of carbonyl (C=O) groups is 1. The number of ether oxygens (including phenoxy) is 2. The number of methoxy groups -OCH3 is 2. The van der Waals surface area contributed by atoms with Crippen LogP contribution in [0.5, 0.6) is 11.5 Å². The predicted molar refractivity (Wildman–Crippen MR) is 66.9 cm³/mol. The molecule has 1 aromatic carbocycles. The lowest BCUT2D eigenvalue weighted by Crippen LogP contribution is -2.05. The van der Waals surface area contributed by atoms with E-state index in [1.54, 1.807) is 13.0 Å². The van der Waals surface area contributed by atoms with E-state index in [1.807, 2.05) is 0 Å². The normalized spacial score (nSPS) is 11.7. The Morgan fingerprint density at radius 2 is 2.05 bits per heavy atom. The minimum absolute atomic E-state index is 0.0266. The quantitative estimate of drug-likeness (QED) is 0.627. The highest BCUT2D eigenvalue weighted by molar-refractivity contribution is 5.68. The molecule has 7 nitrogen and oxygen atoms in total. The number of hydrogen-bond donors (Lipinski definition) is 1. The van der Waals surface area contributed by atoms with Crippen LogP contribution in [0.2, 0.25) is 0 Å². The minimum atomic E-state index is -0.968. The second-order valence-corrected chi connectivity index (χ2v) is 4.03. The summed E-state index contributed by atoms with van der Waals surface area (Å²) < 4.78 is 10.0. The Kier molecular flexibility index (Phi) is 4.68. The maximum Gasteiger partial charge on any atom is 0.315 e. The molecule has 1 N–H and O–H groups in total. The van der Waals surface area contributed by atoms with E-state index in [2.05, 4.69) is 0 Å². The summed E-state index contributed by atoms with van der Waals surface area (Å²) in [6.45, 7) is 1.68.